The first-order chi connectivity index (χ1) is 18.1. The van der Waals surface area contributed by atoms with Crippen molar-refractivity contribution >= 4 is 16.7 Å². The van der Waals surface area contributed by atoms with Crippen LogP contribution in [0.1, 0.15) is 29.9 Å². The normalized spacial score (nSPS) is 17.4. The van der Waals surface area contributed by atoms with Crippen molar-refractivity contribution in [2.24, 2.45) is 0 Å². The summed E-state index contributed by atoms with van der Waals surface area (Å²) in [5.74, 6) is -2.64. The Bertz CT molecular complexity index is 1280. The molecule has 0 amide bonds. The van der Waals surface area contributed by atoms with Crippen molar-refractivity contribution in [2.45, 2.75) is 31.9 Å². The maximum atomic E-state index is 15.6. The number of nitrogens with zero attached hydrogens (tertiary/aromatic N) is 3. The highest BCUT2D eigenvalue weighted by Gasteiger charge is 2.46. The van der Waals surface area contributed by atoms with Crippen LogP contribution in [0.25, 0.3) is 10.9 Å². The largest absolute Gasteiger partial charge is 0.493 e. The number of rotatable bonds is 10. The van der Waals surface area contributed by atoms with E-state index in [-0.39, 0.29) is 18.7 Å². The molecule has 4 rings (SSSR count). The molecule has 8 nitrogen and oxygen atoms in total. The molecule has 1 N–H and O–H groups in total. The van der Waals surface area contributed by atoms with Gasteiger partial charge in [-0.1, -0.05) is 12.1 Å². The van der Waals surface area contributed by atoms with E-state index in [9.17, 15) is 0 Å². The van der Waals surface area contributed by atoms with E-state index in [0.717, 1.165) is 6.07 Å². The van der Waals surface area contributed by atoms with Gasteiger partial charge in [-0.25, -0.2) is 14.4 Å². The highest BCUT2D eigenvalue weighted by molar-refractivity contribution is 5.92. The summed E-state index contributed by atoms with van der Waals surface area (Å²) < 4.78 is 68.0. The van der Waals surface area contributed by atoms with Gasteiger partial charge in [-0.15, -0.1) is 0 Å². The molecule has 2 unspecified atom stereocenters. The second kappa shape index (κ2) is 11.7. The van der Waals surface area contributed by atoms with Gasteiger partial charge in [-0.3, -0.25) is 0 Å². The number of anilines is 1. The molecule has 0 saturated carbocycles. The zero-order chi connectivity index (χ0) is 27.4. The van der Waals surface area contributed by atoms with Crippen molar-refractivity contribution in [3.8, 4) is 11.5 Å². The van der Waals surface area contributed by atoms with Crippen LogP contribution in [-0.2, 0) is 15.4 Å². The van der Waals surface area contributed by atoms with Gasteiger partial charge in [0.2, 0.25) is 0 Å². The number of methoxy groups -OCH3 is 2. The summed E-state index contributed by atoms with van der Waals surface area (Å²) >= 11 is 0. The number of benzene rings is 2. The van der Waals surface area contributed by atoms with Crippen LogP contribution in [0.3, 0.4) is 0 Å². The molecule has 1 saturated heterocycles. The van der Waals surface area contributed by atoms with E-state index >= 15 is 13.2 Å². The number of likely N-dealkylation sites (N-methyl/N-ethyl adjacent to an activating group) is 1. The van der Waals surface area contributed by atoms with Gasteiger partial charge in [0.25, 0.3) is 0 Å². The van der Waals surface area contributed by atoms with Crippen LogP contribution >= 0.6 is 0 Å². The number of ether oxygens (including phenoxy) is 4. The SMILES string of the molecule is COCCOc1cc2c(NC(C)c3cccc(C(F)(F)C4CN(C)CCO4)c3F)nc(C)nc2cc1OC. The van der Waals surface area contributed by atoms with E-state index in [1.807, 2.05) is 0 Å². The van der Waals surface area contributed by atoms with Crippen LogP contribution < -0.4 is 14.8 Å². The molecule has 11 heteroatoms. The molecule has 0 bridgehead atoms. The first-order valence-electron chi connectivity index (χ1n) is 12.4. The number of alkyl halides is 2. The average Bonchev–Trinajstić information content (AvgIpc) is 2.88. The zero-order valence-corrected chi connectivity index (χ0v) is 22.2. The first kappa shape index (κ1) is 27.9. The zero-order valence-electron chi connectivity index (χ0n) is 22.2. The molecular weight excluding hydrogens is 501 g/mol. The second-order valence-electron chi connectivity index (χ2n) is 9.30. The molecule has 38 heavy (non-hydrogen) atoms. The van der Waals surface area contributed by atoms with E-state index < -0.39 is 29.4 Å². The number of morpholine rings is 1. The summed E-state index contributed by atoms with van der Waals surface area (Å²) in [6.07, 6.45) is -1.44. The highest BCUT2D eigenvalue weighted by atomic mass is 19.3. The molecule has 2 atom stereocenters. The number of halogens is 3. The Kier molecular flexibility index (Phi) is 8.59. The number of hydrogen-bond acceptors (Lipinski definition) is 8. The van der Waals surface area contributed by atoms with Gasteiger partial charge < -0.3 is 29.2 Å². The standard InChI is InChI=1S/C27H33F3N4O4/c1-16(18-7-6-8-20(25(18)28)27(29,30)24-15-34(3)9-10-38-24)31-26-19-13-23(37-12-11-35-4)22(36-5)14-21(19)32-17(2)33-26/h6-8,13-14,16,24H,9-12,15H2,1-5H3,(H,31,32,33). The molecule has 1 fully saturated rings. The Labute approximate surface area is 220 Å². The molecule has 1 aliphatic heterocycles. The van der Waals surface area contributed by atoms with Crippen LogP contribution in [0.4, 0.5) is 19.0 Å². The van der Waals surface area contributed by atoms with Gasteiger partial charge in [-0.2, -0.15) is 8.78 Å². The van der Waals surface area contributed by atoms with Crippen molar-refractivity contribution in [3.05, 3.63) is 53.1 Å². The van der Waals surface area contributed by atoms with Crippen LogP contribution in [-0.4, -0.2) is 75.1 Å². The topological polar surface area (TPSA) is 78.0 Å². The van der Waals surface area contributed by atoms with Crippen molar-refractivity contribution in [1.29, 1.82) is 0 Å². The number of nitrogens with one attached hydrogen (secondary N) is 1. The maximum absolute atomic E-state index is 15.6. The molecule has 1 aromatic heterocycles. The number of aromatic nitrogens is 2. The average molecular weight is 535 g/mol. The van der Waals surface area contributed by atoms with Gasteiger partial charge in [-0.05, 0) is 33.0 Å². The fourth-order valence-electron chi connectivity index (χ4n) is 4.47. The molecule has 2 heterocycles. The van der Waals surface area contributed by atoms with Crippen LogP contribution in [0.5, 0.6) is 11.5 Å². The summed E-state index contributed by atoms with van der Waals surface area (Å²) in [5, 5.41) is 3.79. The van der Waals surface area contributed by atoms with Crippen LogP contribution in [0.15, 0.2) is 30.3 Å². The van der Waals surface area contributed by atoms with Gasteiger partial charge in [0.1, 0.15) is 30.2 Å². The van der Waals surface area contributed by atoms with E-state index in [1.165, 1.54) is 19.2 Å². The summed E-state index contributed by atoms with van der Waals surface area (Å²) in [4.78, 5) is 10.7. The Morgan fingerprint density at radius 1 is 1.18 bits per heavy atom. The summed E-state index contributed by atoms with van der Waals surface area (Å²) in [5.41, 5.74) is -0.0189. The molecule has 0 spiro atoms. The maximum Gasteiger partial charge on any atom is 0.302 e. The third-order valence-corrected chi connectivity index (χ3v) is 6.52. The molecule has 3 aromatic rings. The number of fused-ring (bicyclic) bond motifs is 1. The lowest BCUT2D eigenvalue weighted by molar-refractivity contribution is -0.171. The smallest absolute Gasteiger partial charge is 0.302 e. The predicted molar refractivity (Wildman–Crippen MR) is 138 cm³/mol. The first-order valence-corrected chi connectivity index (χ1v) is 12.4. The summed E-state index contributed by atoms with van der Waals surface area (Å²) in [6.45, 7) is 4.83. The van der Waals surface area contributed by atoms with Crippen molar-refractivity contribution in [2.75, 3.05) is 59.5 Å². The van der Waals surface area contributed by atoms with Crippen LogP contribution in [0.2, 0.25) is 0 Å². The lowest BCUT2D eigenvalue weighted by Gasteiger charge is -2.35. The minimum Gasteiger partial charge on any atom is -0.493 e. The Morgan fingerprint density at radius 3 is 2.68 bits per heavy atom. The minimum absolute atomic E-state index is 0.00885. The van der Waals surface area contributed by atoms with Gasteiger partial charge in [0, 0.05) is 37.2 Å². The van der Waals surface area contributed by atoms with Gasteiger partial charge >= 0.3 is 5.92 Å². The van der Waals surface area contributed by atoms with Crippen molar-refractivity contribution in [3.63, 3.8) is 0 Å². The van der Waals surface area contributed by atoms with E-state index in [4.69, 9.17) is 18.9 Å². The fraction of sp³-hybridized carbons (Fsp3) is 0.481. The Hall–Kier alpha value is -3.15. The Balaban J connectivity index is 1.67. The van der Waals surface area contributed by atoms with E-state index in [1.54, 1.807) is 45.0 Å². The molecular formula is C27H33F3N4O4. The second-order valence-corrected chi connectivity index (χ2v) is 9.30. The Morgan fingerprint density at radius 2 is 1.97 bits per heavy atom. The van der Waals surface area contributed by atoms with Gasteiger partial charge in [0.15, 0.2) is 11.5 Å². The van der Waals surface area contributed by atoms with Gasteiger partial charge in [0.05, 0.1) is 37.4 Å². The van der Waals surface area contributed by atoms with Crippen molar-refractivity contribution in [1.82, 2.24) is 14.9 Å². The number of hydrogen-bond donors (Lipinski definition) is 1. The summed E-state index contributed by atoms with van der Waals surface area (Å²) in [7, 11) is 4.84. The molecule has 2 aromatic carbocycles. The molecule has 206 valence electrons. The third kappa shape index (κ3) is 5.79. The van der Waals surface area contributed by atoms with Crippen molar-refractivity contribution < 1.29 is 32.1 Å². The fourth-order valence-corrected chi connectivity index (χ4v) is 4.47. The van der Waals surface area contributed by atoms with Crippen LogP contribution in [0, 0.1) is 12.7 Å². The van der Waals surface area contributed by atoms with E-state index in [2.05, 4.69) is 15.3 Å². The quantitative estimate of drug-likeness (QED) is 0.375. The monoisotopic (exact) mass is 534 g/mol. The molecule has 1 aliphatic rings. The minimum atomic E-state index is -3.50. The number of aryl methyl sites for hydroxylation is 1. The predicted octanol–water partition coefficient (Wildman–Crippen LogP) is 4.71. The summed E-state index contributed by atoms with van der Waals surface area (Å²) in [6, 6.07) is 6.80. The lowest BCUT2D eigenvalue weighted by Crippen LogP contribution is -2.48. The molecule has 0 radical (unpaired) electrons. The third-order valence-electron chi connectivity index (χ3n) is 6.52. The highest BCUT2D eigenvalue weighted by Crippen LogP contribution is 2.39. The van der Waals surface area contributed by atoms with E-state index in [0.29, 0.717) is 53.8 Å². The lowest BCUT2D eigenvalue weighted by atomic mass is 9.96. The molecule has 0 aliphatic carbocycles.